The summed E-state index contributed by atoms with van der Waals surface area (Å²) in [7, 11) is 0. The molecule has 0 saturated carbocycles. The van der Waals surface area contributed by atoms with Crippen LogP contribution in [0.2, 0.25) is 0 Å². The van der Waals surface area contributed by atoms with Gasteiger partial charge in [0.1, 0.15) is 0 Å². The van der Waals surface area contributed by atoms with Crippen molar-refractivity contribution in [3.63, 3.8) is 0 Å². The molecule has 0 amide bonds. The molecule has 1 atom stereocenters. The lowest BCUT2D eigenvalue weighted by atomic mass is 9.98. The number of rotatable bonds is 5. The van der Waals surface area contributed by atoms with Gasteiger partial charge >= 0.3 is 0 Å². The zero-order valence-electron chi connectivity index (χ0n) is 12.8. The molecule has 112 valence electrons. The Morgan fingerprint density at radius 2 is 2.30 bits per heavy atom. The number of aromatic nitrogens is 2. The SMILES string of the molecule is CCNCC1CCCN(c2nccn(C(C)C)c2=O)C1. The molecule has 1 aliphatic heterocycles. The number of nitrogens with one attached hydrogen (secondary N) is 1. The van der Waals surface area contributed by atoms with E-state index < -0.39 is 0 Å². The van der Waals surface area contributed by atoms with Crippen molar-refractivity contribution in [2.75, 3.05) is 31.1 Å². The molecule has 1 unspecified atom stereocenters. The van der Waals surface area contributed by atoms with Gasteiger partial charge in [0, 0.05) is 31.5 Å². The van der Waals surface area contributed by atoms with Crippen LogP contribution in [0.1, 0.15) is 39.7 Å². The van der Waals surface area contributed by atoms with Crippen LogP contribution in [-0.4, -0.2) is 35.7 Å². The Morgan fingerprint density at radius 3 is 3.00 bits per heavy atom. The van der Waals surface area contributed by atoms with E-state index in [4.69, 9.17) is 0 Å². The van der Waals surface area contributed by atoms with Gasteiger partial charge in [-0.1, -0.05) is 6.92 Å². The van der Waals surface area contributed by atoms with Crippen LogP contribution in [0.15, 0.2) is 17.2 Å². The van der Waals surface area contributed by atoms with E-state index in [0.717, 1.165) is 32.6 Å². The average molecular weight is 278 g/mol. The van der Waals surface area contributed by atoms with E-state index >= 15 is 0 Å². The maximum Gasteiger partial charge on any atom is 0.293 e. The van der Waals surface area contributed by atoms with Gasteiger partial charge in [0.2, 0.25) is 0 Å². The largest absolute Gasteiger partial charge is 0.352 e. The maximum absolute atomic E-state index is 12.5. The molecule has 0 radical (unpaired) electrons. The van der Waals surface area contributed by atoms with Gasteiger partial charge in [0.05, 0.1) is 0 Å². The highest BCUT2D eigenvalue weighted by Gasteiger charge is 2.23. The van der Waals surface area contributed by atoms with E-state index in [9.17, 15) is 4.79 Å². The molecule has 0 aromatic carbocycles. The van der Waals surface area contributed by atoms with Gasteiger partial charge in [0.25, 0.3) is 5.56 Å². The summed E-state index contributed by atoms with van der Waals surface area (Å²) in [5.74, 6) is 1.22. The van der Waals surface area contributed by atoms with Crippen LogP contribution < -0.4 is 15.8 Å². The van der Waals surface area contributed by atoms with Gasteiger partial charge in [-0.25, -0.2) is 4.98 Å². The third kappa shape index (κ3) is 3.39. The normalized spacial score (nSPS) is 19.6. The quantitative estimate of drug-likeness (QED) is 0.890. The molecule has 5 nitrogen and oxygen atoms in total. The lowest BCUT2D eigenvalue weighted by Gasteiger charge is -2.33. The highest BCUT2D eigenvalue weighted by molar-refractivity contribution is 5.36. The second-order valence-corrected chi connectivity index (χ2v) is 5.82. The lowest BCUT2D eigenvalue weighted by molar-refractivity contribution is 0.392. The van der Waals surface area contributed by atoms with E-state index in [1.165, 1.54) is 6.42 Å². The second-order valence-electron chi connectivity index (χ2n) is 5.82. The van der Waals surface area contributed by atoms with E-state index in [1.54, 1.807) is 17.0 Å². The first-order chi connectivity index (χ1) is 9.63. The zero-order valence-corrected chi connectivity index (χ0v) is 12.8. The molecule has 2 rings (SSSR count). The summed E-state index contributed by atoms with van der Waals surface area (Å²) in [4.78, 5) is 19.0. The van der Waals surface area contributed by atoms with E-state index in [-0.39, 0.29) is 11.6 Å². The summed E-state index contributed by atoms with van der Waals surface area (Å²) < 4.78 is 1.76. The smallest absolute Gasteiger partial charge is 0.293 e. The minimum atomic E-state index is 0.0339. The highest BCUT2D eigenvalue weighted by Crippen LogP contribution is 2.19. The van der Waals surface area contributed by atoms with Crippen molar-refractivity contribution in [2.45, 2.75) is 39.7 Å². The monoisotopic (exact) mass is 278 g/mol. The topological polar surface area (TPSA) is 50.2 Å². The summed E-state index contributed by atoms with van der Waals surface area (Å²) in [6.45, 7) is 10.1. The van der Waals surface area contributed by atoms with Crippen molar-refractivity contribution in [2.24, 2.45) is 5.92 Å². The van der Waals surface area contributed by atoms with Crippen molar-refractivity contribution in [3.8, 4) is 0 Å². The van der Waals surface area contributed by atoms with Crippen LogP contribution in [0.3, 0.4) is 0 Å². The molecule has 1 N–H and O–H groups in total. The third-order valence-corrected chi connectivity index (χ3v) is 3.91. The molecular weight excluding hydrogens is 252 g/mol. The molecule has 2 heterocycles. The Balaban J connectivity index is 2.15. The van der Waals surface area contributed by atoms with Crippen LogP contribution in [0.25, 0.3) is 0 Å². The van der Waals surface area contributed by atoms with Gasteiger partial charge in [-0.15, -0.1) is 0 Å². The number of anilines is 1. The molecule has 20 heavy (non-hydrogen) atoms. The van der Waals surface area contributed by atoms with Crippen LogP contribution >= 0.6 is 0 Å². The maximum atomic E-state index is 12.5. The summed E-state index contributed by atoms with van der Waals surface area (Å²) in [5, 5.41) is 3.40. The van der Waals surface area contributed by atoms with Crippen LogP contribution in [0.4, 0.5) is 5.82 Å². The van der Waals surface area contributed by atoms with Gasteiger partial charge in [-0.05, 0) is 45.7 Å². The van der Waals surface area contributed by atoms with Gasteiger partial charge in [-0.3, -0.25) is 4.79 Å². The van der Waals surface area contributed by atoms with Crippen LogP contribution in [-0.2, 0) is 0 Å². The first-order valence-corrected chi connectivity index (χ1v) is 7.66. The fourth-order valence-electron chi connectivity index (χ4n) is 2.81. The molecule has 5 heteroatoms. The van der Waals surface area contributed by atoms with Crippen molar-refractivity contribution in [3.05, 3.63) is 22.7 Å². The van der Waals surface area contributed by atoms with Crippen molar-refractivity contribution < 1.29 is 0 Å². The first-order valence-electron chi connectivity index (χ1n) is 7.66. The fraction of sp³-hybridized carbons (Fsp3) is 0.733. The van der Waals surface area contributed by atoms with Crippen LogP contribution in [0, 0.1) is 5.92 Å². The fourth-order valence-corrected chi connectivity index (χ4v) is 2.81. The Kier molecular flexibility index (Phi) is 5.17. The summed E-state index contributed by atoms with van der Waals surface area (Å²) in [5.41, 5.74) is 0.0339. The average Bonchev–Trinajstić information content (AvgIpc) is 2.45. The Hall–Kier alpha value is -1.36. The van der Waals surface area contributed by atoms with Gasteiger partial charge in [-0.2, -0.15) is 0 Å². The summed E-state index contributed by atoms with van der Waals surface area (Å²) in [6.07, 6.45) is 5.88. The minimum absolute atomic E-state index is 0.0339. The molecule has 1 aliphatic rings. The zero-order chi connectivity index (χ0) is 14.5. The second kappa shape index (κ2) is 6.88. The summed E-state index contributed by atoms with van der Waals surface area (Å²) in [6, 6.07) is 0.173. The minimum Gasteiger partial charge on any atom is -0.352 e. The van der Waals surface area contributed by atoms with Gasteiger partial charge in [0.15, 0.2) is 5.82 Å². The van der Waals surface area contributed by atoms with Crippen molar-refractivity contribution in [1.29, 1.82) is 0 Å². The molecule has 0 bridgehead atoms. The lowest BCUT2D eigenvalue weighted by Crippen LogP contribution is -2.43. The standard InChI is InChI=1S/C15H26N4O/c1-4-16-10-13-6-5-8-18(11-13)14-15(20)19(12(2)3)9-7-17-14/h7,9,12-13,16H,4-6,8,10-11H2,1-3H3. The molecular formula is C15H26N4O. The summed E-state index contributed by atoms with van der Waals surface area (Å²) >= 11 is 0. The van der Waals surface area contributed by atoms with E-state index in [0.29, 0.717) is 11.7 Å². The number of nitrogens with zero attached hydrogens (tertiary/aromatic N) is 3. The van der Waals surface area contributed by atoms with Crippen molar-refractivity contribution in [1.82, 2.24) is 14.9 Å². The molecule has 1 aromatic rings. The Morgan fingerprint density at radius 1 is 1.50 bits per heavy atom. The first kappa shape index (κ1) is 15.0. The predicted octanol–water partition coefficient (Wildman–Crippen LogP) is 1.65. The molecule has 0 spiro atoms. The number of hydrogen-bond acceptors (Lipinski definition) is 4. The Bertz CT molecular complexity index is 483. The number of hydrogen-bond donors (Lipinski definition) is 1. The van der Waals surface area contributed by atoms with E-state index in [1.807, 2.05) is 13.8 Å². The molecule has 1 saturated heterocycles. The third-order valence-electron chi connectivity index (χ3n) is 3.91. The van der Waals surface area contributed by atoms with Crippen molar-refractivity contribution >= 4 is 5.82 Å². The molecule has 1 aromatic heterocycles. The Labute approximate surface area is 121 Å². The molecule has 0 aliphatic carbocycles. The van der Waals surface area contributed by atoms with Crippen LogP contribution in [0.5, 0.6) is 0 Å². The number of piperidine rings is 1. The predicted molar refractivity (Wildman–Crippen MR) is 82.4 cm³/mol. The molecule has 1 fully saturated rings. The van der Waals surface area contributed by atoms with E-state index in [2.05, 4.69) is 22.1 Å². The highest BCUT2D eigenvalue weighted by atomic mass is 16.1. The van der Waals surface area contributed by atoms with Gasteiger partial charge < -0.3 is 14.8 Å².